The second-order valence-corrected chi connectivity index (χ2v) is 6.86. The summed E-state index contributed by atoms with van der Waals surface area (Å²) in [6, 6.07) is 24.6. The minimum Gasteiger partial charge on any atom is -0.508 e. The predicted octanol–water partition coefficient (Wildman–Crippen LogP) is 3.97. The van der Waals surface area contributed by atoms with Crippen LogP contribution in [-0.4, -0.2) is 37.2 Å². The van der Waals surface area contributed by atoms with Crippen LogP contribution in [0, 0.1) is 0 Å². The van der Waals surface area contributed by atoms with Gasteiger partial charge in [-0.1, -0.05) is 18.2 Å². The van der Waals surface area contributed by atoms with E-state index in [-0.39, 0.29) is 5.91 Å². The summed E-state index contributed by atoms with van der Waals surface area (Å²) in [5, 5.41) is 12.4. The van der Waals surface area contributed by atoms with Crippen LogP contribution in [0.4, 0.5) is 17.1 Å². The zero-order valence-corrected chi connectivity index (χ0v) is 15.6. The summed E-state index contributed by atoms with van der Waals surface area (Å²) in [5.74, 6) is 0.192. The Morgan fingerprint density at radius 2 is 1.21 bits per heavy atom. The van der Waals surface area contributed by atoms with Crippen molar-refractivity contribution in [2.45, 2.75) is 0 Å². The Hall–Kier alpha value is -3.47. The smallest absolute Gasteiger partial charge is 0.255 e. The van der Waals surface area contributed by atoms with E-state index in [9.17, 15) is 9.90 Å². The van der Waals surface area contributed by atoms with Crippen LogP contribution in [0.2, 0.25) is 0 Å². The summed E-state index contributed by atoms with van der Waals surface area (Å²) in [7, 11) is 0. The van der Waals surface area contributed by atoms with Gasteiger partial charge in [0.15, 0.2) is 0 Å². The Bertz CT molecular complexity index is 916. The number of hydrogen-bond donors (Lipinski definition) is 2. The molecule has 1 amide bonds. The Balaban J connectivity index is 1.34. The molecule has 0 bridgehead atoms. The molecule has 3 aromatic rings. The van der Waals surface area contributed by atoms with E-state index in [4.69, 9.17) is 0 Å². The molecule has 3 aromatic carbocycles. The minimum absolute atomic E-state index is 0.101. The Kier molecular flexibility index (Phi) is 5.15. The van der Waals surface area contributed by atoms with Gasteiger partial charge in [-0.15, -0.1) is 0 Å². The number of rotatable bonds is 4. The lowest BCUT2D eigenvalue weighted by Crippen LogP contribution is -2.46. The first-order valence-electron chi connectivity index (χ1n) is 9.44. The SMILES string of the molecule is O=C(Nc1ccc(N2CCN(c3ccc(O)cc3)CC2)cc1)c1ccccc1. The zero-order chi connectivity index (χ0) is 19.3. The fourth-order valence-electron chi connectivity index (χ4n) is 3.43. The summed E-state index contributed by atoms with van der Waals surface area (Å²) in [6.07, 6.45) is 0. The van der Waals surface area contributed by atoms with Crippen LogP contribution >= 0.6 is 0 Å². The summed E-state index contributed by atoms with van der Waals surface area (Å²) in [4.78, 5) is 16.9. The molecule has 4 rings (SSSR count). The maximum absolute atomic E-state index is 12.2. The highest BCUT2D eigenvalue weighted by atomic mass is 16.3. The van der Waals surface area contributed by atoms with Gasteiger partial charge in [0, 0.05) is 48.8 Å². The lowest BCUT2D eigenvalue weighted by molar-refractivity contribution is 0.102. The number of piperazine rings is 1. The van der Waals surface area contributed by atoms with Crippen molar-refractivity contribution in [3.05, 3.63) is 84.4 Å². The monoisotopic (exact) mass is 373 g/mol. The van der Waals surface area contributed by atoms with Crippen LogP contribution in [0.3, 0.4) is 0 Å². The molecule has 0 radical (unpaired) electrons. The number of hydrogen-bond acceptors (Lipinski definition) is 4. The number of anilines is 3. The molecule has 142 valence electrons. The van der Waals surface area contributed by atoms with Gasteiger partial charge in [0.2, 0.25) is 0 Å². The molecule has 0 spiro atoms. The van der Waals surface area contributed by atoms with E-state index in [0.29, 0.717) is 11.3 Å². The predicted molar refractivity (Wildman–Crippen MR) is 113 cm³/mol. The fourth-order valence-corrected chi connectivity index (χ4v) is 3.43. The topological polar surface area (TPSA) is 55.8 Å². The molecule has 0 atom stereocenters. The number of phenolic OH excluding ortho intramolecular Hbond substituents is 1. The van der Waals surface area contributed by atoms with E-state index < -0.39 is 0 Å². The van der Waals surface area contributed by atoms with Gasteiger partial charge in [0.05, 0.1) is 0 Å². The molecule has 5 heteroatoms. The van der Waals surface area contributed by atoms with Crippen molar-refractivity contribution in [2.75, 3.05) is 41.3 Å². The Morgan fingerprint density at radius 3 is 1.75 bits per heavy atom. The normalized spacial score (nSPS) is 14.0. The van der Waals surface area contributed by atoms with Gasteiger partial charge < -0.3 is 20.2 Å². The minimum atomic E-state index is -0.101. The van der Waals surface area contributed by atoms with Gasteiger partial charge in [0.1, 0.15) is 5.75 Å². The molecule has 1 heterocycles. The van der Waals surface area contributed by atoms with Crippen LogP contribution in [0.1, 0.15) is 10.4 Å². The van der Waals surface area contributed by atoms with Crippen LogP contribution in [0.5, 0.6) is 5.75 Å². The van der Waals surface area contributed by atoms with E-state index in [1.807, 2.05) is 42.5 Å². The number of amides is 1. The van der Waals surface area contributed by atoms with E-state index in [1.54, 1.807) is 24.3 Å². The number of nitrogens with one attached hydrogen (secondary N) is 1. The summed E-state index contributed by atoms with van der Waals surface area (Å²) >= 11 is 0. The van der Waals surface area contributed by atoms with E-state index in [2.05, 4.69) is 27.2 Å². The van der Waals surface area contributed by atoms with Crippen molar-refractivity contribution < 1.29 is 9.90 Å². The van der Waals surface area contributed by atoms with Gasteiger partial charge in [-0.25, -0.2) is 0 Å². The van der Waals surface area contributed by atoms with Gasteiger partial charge in [-0.3, -0.25) is 4.79 Å². The largest absolute Gasteiger partial charge is 0.508 e. The molecule has 1 saturated heterocycles. The maximum Gasteiger partial charge on any atom is 0.255 e. The first-order valence-corrected chi connectivity index (χ1v) is 9.44. The van der Waals surface area contributed by atoms with Crippen LogP contribution in [0.15, 0.2) is 78.9 Å². The lowest BCUT2D eigenvalue weighted by Gasteiger charge is -2.37. The number of benzene rings is 3. The third-order valence-corrected chi connectivity index (χ3v) is 5.02. The average molecular weight is 373 g/mol. The van der Waals surface area contributed by atoms with Crippen LogP contribution in [-0.2, 0) is 0 Å². The lowest BCUT2D eigenvalue weighted by atomic mass is 10.2. The standard InChI is InChI=1S/C23H23N3O2/c27-22-12-10-21(11-13-22)26-16-14-25(15-17-26)20-8-6-19(7-9-20)24-23(28)18-4-2-1-3-5-18/h1-13,27H,14-17H2,(H,24,28). The third-order valence-electron chi connectivity index (χ3n) is 5.02. The van der Waals surface area contributed by atoms with Gasteiger partial charge >= 0.3 is 0 Å². The molecule has 0 aromatic heterocycles. The molecule has 1 aliphatic rings. The van der Waals surface area contributed by atoms with Crippen molar-refractivity contribution in [2.24, 2.45) is 0 Å². The van der Waals surface area contributed by atoms with E-state index >= 15 is 0 Å². The van der Waals surface area contributed by atoms with Crippen molar-refractivity contribution >= 4 is 23.0 Å². The number of nitrogens with zero attached hydrogens (tertiary/aromatic N) is 2. The average Bonchev–Trinajstić information content (AvgIpc) is 2.76. The van der Waals surface area contributed by atoms with Crippen molar-refractivity contribution in [3.63, 3.8) is 0 Å². The molecule has 0 aliphatic carbocycles. The molecule has 0 saturated carbocycles. The molecular formula is C23H23N3O2. The van der Waals surface area contributed by atoms with Crippen LogP contribution < -0.4 is 15.1 Å². The number of aromatic hydroxyl groups is 1. The molecule has 28 heavy (non-hydrogen) atoms. The highest BCUT2D eigenvalue weighted by molar-refractivity contribution is 6.04. The summed E-state index contributed by atoms with van der Waals surface area (Å²) < 4.78 is 0. The van der Waals surface area contributed by atoms with Gasteiger partial charge in [0.25, 0.3) is 5.91 Å². The first-order chi connectivity index (χ1) is 13.7. The maximum atomic E-state index is 12.2. The molecule has 0 unspecified atom stereocenters. The Morgan fingerprint density at radius 1 is 0.714 bits per heavy atom. The van der Waals surface area contributed by atoms with E-state index in [1.165, 1.54) is 0 Å². The second-order valence-electron chi connectivity index (χ2n) is 6.86. The Labute approximate surface area is 164 Å². The number of carbonyl (C=O) groups excluding carboxylic acids is 1. The third kappa shape index (κ3) is 4.09. The summed E-state index contributed by atoms with van der Waals surface area (Å²) in [5.41, 5.74) is 3.73. The van der Waals surface area contributed by atoms with Crippen molar-refractivity contribution in [1.82, 2.24) is 0 Å². The molecule has 5 nitrogen and oxygen atoms in total. The zero-order valence-electron chi connectivity index (χ0n) is 15.6. The molecule has 1 aliphatic heterocycles. The quantitative estimate of drug-likeness (QED) is 0.727. The molecular weight excluding hydrogens is 350 g/mol. The van der Waals surface area contributed by atoms with Gasteiger partial charge in [-0.2, -0.15) is 0 Å². The van der Waals surface area contributed by atoms with Crippen LogP contribution in [0.25, 0.3) is 0 Å². The summed E-state index contributed by atoms with van der Waals surface area (Å²) in [6.45, 7) is 3.71. The first kappa shape index (κ1) is 17.9. The number of phenols is 1. The van der Waals surface area contributed by atoms with E-state index in [0.717, 1.165) is 43.2 Å². The second kappa shape index (κ2) is 8.05. The molecule has 1 fully saturated rings. The van der Waals surface area contributed by atoms with Gasteiger partial charge in [-0.05, 0) is 60.7 Å². The highest BCUT2D eigenvalue weighted by Gasteiger charge is 2.17. The molecule has 2 N–H and O–H groups in total. The van der Waals surface area contributed by atoms with Crippen molar-refractivity contribution in [1.29, 1.82) is 0 Å². The number of carbonyl (C=O) groups is 1. The van der Waals surface area contributed by atoms with Crippen molar-refractivity contribution in [3.8, 4) is 5.75 Å². The highest BCUT2D eigenvalue weighted by Crippen LogP contribution is 2.23. The fraction of sp³-hybridized carbons (Fsp3) is 0.174.